The number of hydrogen-bond acceptors (Lipinski definition) is 2. The molecule has 2 aromatic carbocycles. The summed E-state index contributed by atoms with van der Waals surface area (Å²) < 4.78 is 0. The van der Waals surface area contributed by atoms with Crippen LogP contribution in [0.3, 0.4) is 0 Å². The van der Waals surface area contributed by atoms with Gasteiger partial charge in [0, 0.05) is 5.70 Å². The molecule has 0 radical (unpaired) electrons. The van der Waals surface area contributed by atoms with Crippen LogP contribution < -0.4 is 0 Å². The van der Waals surface area contributed by atoms with Crippen LogP contribution in [0.1, 0.15) is 81.5 Å². The summed E-state index contributed by atoms with van der Waals surface area (Å²) in [6, 6.07) is 14.6. The lowest BCUT2D eigenvalue weighted by atomic mass is 9.52. The zero-order chi connectivity index (χ0) is 23.5. The molecule has 2 fully saturated rings. The molecule has 0 bridgehead atoms. The van der Waals surface area contributed by atoms with Crippen molar-refractivity contribution < 1.29 is 9.90 Å². The third-order valence-corrected chi connectivity index (χ3v) is 8.83. The minimum atomic E-state index is -0.317. The van der Waals surface area contributed by atoms with Crippen molar-refractivity contribution in [3.8, 4) is 5.75 Å². The van der Waals surface area contributed by atoms with Gasteiger partial charge in [0.05, 0.1) is 12.0 Å². The van der Waals surface area contributed by atoms with E-state index in [1.807, 2.05) is 17.0 Å². The van der Waals surface area contributed by atoms with E-state index in [-0.39, 0.29) is 16.7 Å². The van der Waals surface area contributed by atoms with Crippen molar-refractivity contribution in [3.05, 3.63) is 77.0 Å². The Kier molecular flexibility index (Phi) is 5.23. The van der Waals surface area contributed by atoms with Crippen LogP contribution in [0.2, 0.25) is 0 Å². The molecule has 174 valence electrons. The molecule has 3 nitrogen and oxygen atoms in total. The molecule has 5 rings (SSSR count). The molecule has 1 N–H and O–H groups in total. The van der Waals surface area contributed by atoms with Crippen molar-refractivity contribution in [3.63, 3.8) is 0 Å². The summed E-state index contributed by atoms with van der Waals surface area (Å²) in [5.74, 6) is 1.97. The highest BCUT2D eigenvalue weighted by atomic mass is 16.3. The predicted octanol–water partition coefficient (Wildman–Crippen LogP) is 6.70. The Labute approximate surface area is 198 Å². The van der Waals surface area contributed by atoms with Crippen molar-refractivity contribution >= 4 is 5.91 Å². The lowest BCUT2D eigenvalue weighted by molar-refractivity contribution is -0.153. The number of benzene rings is 2. The summed E-state index contributed by atoms with van der Waals surface area (Å²) >= 11 is 0. The van der Waals surface area contributed by atoms with Crippen molar-refractivity contribution in [2.24, 2.45) is 17.3 Å². The van der Waals surface area contributed by atoms with Crippen molar-refractivity contribution in [2.75, 3.05) is 0 Å². The Morgan fingerprint density at radius 2 is 1.85 bits per heavy atom. The van der Waals surface area contributed by atoms with Gasteiger partial charge >= 0.3 is 0 Å². The van der Waals surface area contributed by atoms with Gasteiger partial charge in [-0.05, 0) is 89.7 Å². The number of aryl methyl sites for hydroxylation is 1. The Morgan fingerprint density at radius 3 is 2.55 bits per heavy atom. The van der Waals surface area contributed by atoms with Crippen LogP contribution in [0.4, 0.5) is 0 Å². The molecule has 4 atom stereocenters. The number of phenolic OH excluding ortho intramolecular Hbond substituents is 1. The number of amides is 1. The maximum Gasteiger partial charge on any atom is 0.233 e. The molecule has 1 saturated heterocycles. The summed E-state index contributed by atoms with van der Waals surface area (Å²) in [4.78, 5) is 15.9. The molecule has 2 aromatic rings. The first-order valence-corrected chi connectivity index (χ1v) is 12.5. The van der Waals surface area contributed by atoms with E-state index in [1.165, 1.54) is 22.3 Å². The Hall–Kier alpha value is -2.55. The first-order valence-electron chi connectivity index (χ1n) is 12.5. The number of nitrogens with zero attached hydrogens (tertiary/aromatic N) is 1. The quantitative estimate of drug-likeness (QED) is 0.561. The largest absolute Gasteiger partial charge is 0.508 e. The van der Waals surface area contributed by atoms with E-state index in [2.05, 4.69) is 64.6 Å². The average molecular weight is 444 g/mol. The molecule has 0 spiro atoms. The molecule has 1 saturated carbocycles. The molecular formula is C30H37NO2. The van der Waals surface area contributed by atoms with Crippen LogP contribution in [0.15, 0.2) is 54.7 Å². The SMILES string of the molecule is C=C1CC2C3CCc4cc(O)ccc4C3CC[C@]2(C)C(=O)N1Cc1ccc(C(C)(C)C)cc1. The highest BCUT2D eigenvalue weighted by molar-refractivity contribution is 5.85. The van der Waals surface area contributed by atoms with Gasteiger partial charge in [0.2, 0.25) is 5.91 Å². The lowest BCUT2D eigenvalue weighted by Crippen LogP contribution is -2.55. The number of hydrogen-bond donors (Lipinski definition) is 1. The predicted molar refractivity (Wildman–Crippen MR) is 133 cm³/mol. The number of phenols is 1. The Bertz CT molecular complexity index is 1090. The van der Waals surface area contributed by atoms with E-state index in [1.54, 1.807) is 0 Å². The smallest absolute Gasteiger partial charge is 0.233 e. The minimum Gasteiger partial charge on any atom is -0.508 e. The van der Waals surface area contributed by atoms with Crippen LogP contribution in [-0.2, 0) is 23.2 Å². The normalized spacial score (nSPS) is 29.3. The second kappa shape index (κ2) is 7.75. The van der Waals surface area contributed by atoms with Crippen molar-refractivity contribution in [1.29, 1.82) is 0 Å². The van der Waals surface area contributed by atoms with Gasteiger partial charge < -0.3 is 10.0 Å². The second-order valence-corrected chi connectivity index (χ2v) is 11.9. The summed E-state index contributed by atoms with van der Waals surface area (Å²) in [6.45, 7) is 13.9. The van der Waals surface area contributed by atoms with Crippen LogP contribution in [0, 0.1) is 17.3 Å². The fourth-order valence-corrected chi connectivity index (χ4v) is 6.82. The summed E-state index contributed by atoms with van der Waals surface area (Å²) in [7, 11) is 0. The van der Waals surface area contributed by atoms with Gasteiger partial charge in [-0.25, -0.2) is 0 Å². The first kappa shape index (κ1) is 22.3. The highest BCUT2D eigenvalue weighted by Crippen LogP contribution is 2.59. The number of carbonyl (C=O) groups is 1. The fraction of sp³-hybridized carbons (Fsp3) is 0.500. The van der Waals surface area contributed by atoms with Gasteiger partial charge in [0.25, 0.3) is 0 Å². The number of fused-ring (bicyclic) bond motifs is 5. The molecule has 0 aromatic heterocycles. The van der Waals surface area contributed by atoms with Crippen LogP contribution in [-0.4, -0.2) is 15.9 Å². The average Bonchev–Trinajstić information content (AvgIpc) is 2.77. The molecule has 3 heteroatoms. The highest BCUT2D eigenvalue weighted by Gasteiger charge is 2.55. The van der Waals surface area contributed by atoms with E-state index >= 15 is 0 Å². The number of carbonyl (C=O) groups excluding carboxylic acids is 1. The first-order chi connectivity index (χ1) is 15.6. The van der Waals surface area contributed by atoms with Crippen molar-refractivity contribution in [2.45, 2.75) is 77.7 Å². The molecule has 33 heavy (non-hydrogen) atoms. The third-order valence-electron chi connectivity index (χ3n) is 8.83. The Balaban J connectivity index is 1.38. The minimum absolute atomic E-state index is 0.125. The number of piperidine rings is 1. The van der Waals surface area contributed by atoms with Gasteiger partial charge in [0.1, 0.15) is 5.75 Å². The van der Waals surface area contributed by atoms with Crippen LogP contribution in [0.5, 0.6) is 5.75 Å². The van der Waals surface area contributed by atoms with E-state index in [9.17, 15) is 9.90 Å². The van der Waals surface area contributed by atoms with Crippen molar-refractivity contribution in [1.82, 2.24) is 4.90 Å². The standard InChI is InChI=1S/C30H37NO2/c1-19-16-27-26-12-8-21-17-23(32)11-13-24(21)25(26)14-15-30(27,5)28(33)31(19)18-20-6-9-22(10-7-20)29(2,3)4/h6-7,9-11,13,17,25-27,32H,1,8,12,14-16,18H2,2-5H3/t25?,26?,27?,30-/m0/s1. The van der Waals surface area contributed by atoms with E-state index in [0.29, 0.717) is 30.0 Å². The molecule has 1 aliphatic heterocycles. The fourth-order valence-electron chi connectivity index (χ4n) is 6.82. The number of likely N-dealkylation sites (tertiary alicyclic amines) is 1. The van der Waals surface area contributed by atoms with Gasteiger partial charge in [-0.15, -0.1) is 0 Å². The number of aromatic hydroxyl groups is 1. The summed E-state index contributed by atoms with van der Waals surface area (Å²) in [6.07, 6.45) is 4.95. The summed E-state index contributed by atoms with van der Waals surface area (Å²) in [5.41, 5.74) is 5.94. The summed E-state index contributed by atoms with van der Waals surface area (Å²) in [5, 5.41) is 9.93. The number of rotatable bonds is 2. The second-order valence-electron chi connectivity index (χ2n) is 11.9. The van der Waals surface area contributed by atoms with E-state index in [4.69, 9.17) is 0 Å². The number of allylic oxidation sites excluding steroid dienone is 1. The zero-order valence-corrected chi connectivity index (χ0v) is 20.5. The van der Waals surface area contributed by atoms with Gasteiger partial charge in [0.15, 0.2) is 0 Å². The van der Waals surface area contributed by atoms with E-state index in [0.717, 1.165) is 37.8 Å². The van der Waals surface area contributed by atoms with Gasteiger partial charge in [-0.2, -0.15) is 0 Å². The van der Waals surface area contributed by atoms with Crippen LogP contribution >= 0.6 is 0 Å². The maximum absolute atomic E-state index is 13.9. The van der Waals surface area contributed by atoms with E-state index < -0.39 is 0 Å². The molecule has 3 aliphatic rings. The molecule has 1 heterocycles. The topological polar surface area (TPSA) is 40.5 Å². The van der Waals surface area contributed by atoms with Gasteiger partial charge in [-0.3, -0.25) is 4.79 Å². The third kappa shape index (κ3) is 3.70. The zero-order valence-electron chi connectivity index (χ0n) is 20.5. The molecular weight excluding hydrogens is 406 g/mol. The van der Waals surface area contributed by atoms with Crippen LogP contribution in [0.25, 0.3) is 0 Å². The maximum atomic E-state index is 13.9. The Morgan fingerprint density at radius 1 is 1.12 bits per heavy atom. The molecule has 2 aliphatic carbocycles. The molecule has 1 amide bonds. The lowest BCUT2D eigenvalue weighted by Gasteiger charge is -2.55. The monoisotopic (exact) mass is 443 g/mol. The van der Waals surface area contributed by atoms with Gasteiger partial charge in [-0.1, -0.05) is 64.6 Å². The molecule has 3 unspecified atom stereocenters.